The van der Waals surface area contributed by atoms with Gasteiger partial charge < -0.3 is 11.1 Å². The number of hydrogen-bond donors (Lipinski definition) is 2. The van der Waals surface area contributed by atoms with Crippen molar-refractivity contribution in [3.63, 3.8) is 0 Å². The molecule has 0 aliphatic carbocycles. The molecule has 0 fully saturated rings. The van der Waals surface area contributed by atoms with Gasteiger partial charge in [0.1, 0.15) is 0 Å². The minimum atomic E-state index is -3.06. The molecule has 1 amide bonds. The van der Waals surface area contributed by atoms with E-state index in [0.29, 0.717) is 22.9 Å². The van der Waals surface area contributed by atoms with E-state index in [1.54, 1.807) is 12.1 Å². The molecule has 20 heavy (non-hydrogen) atoms. The van der Waals surface area contributed by atoms with Crippen LogP contribution in [-0.4, -0.2) is 24.9 Å². The molecule has 0 atom stereocenters. The summed E-state index contributed by atoms with van der Waals surface area (Å²) in [6.45, 7) is -1.51. The Bertz CT molecular complexity index is 470. The Kier molecular flexibility index (Phi) is 6.65. The fourth-order valence-electron chi connectivity index (χ4n) is 1.54. The lowest BCUT2D eigenvalue weighted by atomic mass is 10.1. The van der Waals surface area contributed by atoms with E-state index in [1.807, 2.05) is 6.07 Å². The Morgan fingerprint density at radius 3 is 2.60 bits per heavy atom. The smallest absolute Gasteiger partial charge is 0.277 e. The van der Waals surface area contributed by atoms with Crippen LogP contribution in [0.25, 0.3) is 0 Å². The van der Waals surface area contributed by atoms with E-state index in [0.717, 1.165) is 5.56 Å². The minimum Gasteiger partial charge on any atom is -0.350 e. The molecule has 0 bridgehead atoms. The highest BCUT2D eigenvalue weighted by atomic mass is 35.5. The van der Waals surface area contributed by atoms with Gasteiger partial charge in [-0.3, -0.25) is 4.79 Å². The van der Waals surface area contributed by atoms with Gasteiger partial charge in [-0.25, -0.2) is 8.78 Å². The van der Waals surface area contributed by atoms with Gasteiger partial charge in [-0.1, -0.05) is 29.3 Å². The molecule has 0 heterocycles. The summed E-state index contributed by atoms with van der Waals surface area (Å²) in [5.74, 6) is -3.47. The van der Waals surface area contributed by atoms with E-state index < -0.39 is 24.9 Å². The highest BCUT2D eigenvalue weighted by molar-refractivity contribution is 6.42. The molecule has 1 aromatic rings. The van der Waals surface area contributed by atoms with Crippen LogP contribution in [0.15, 0.2) is 18.2 Å². The lowest BCUT2D eigenvalue weighted by Gasteiger charge is -2.14. The molecule has 1 aromatic carbocycles. The van der Waals surface area contributed by atoms with Crippen molar-refractivity contribution in [1.29, 1.82) is 0 Å². The van der Waals surface area contributed by atoms with Gasteiger partial charge in [0.25, 0.3) is 5.92 Å². The Hall–Kier alpha value is -0.910. The van der Waals surface area contributed by atoms with Gasteiger partial charge in [0.2, 0.25) is 5.91 Å². The molecule has 112 valence electrons. The van der Waals surface area contributed by atoms with Crippen molar-refractivity contribution in [2.24, 2.45) is 5.73 Å². The maximum Gasteiger partial charge on any atom is 0.277 e. The number of carbonyl (C=O) groups is 1. The van der Waals surface area contributed by atoms with Crippen molar-refractivity contribution in [3.05, 3.63) is 33.8 Å². The number of benzene rings is 1. The van der Waals surface area contributed by atoms with Crippen LogP contribution in [0.5, 0.6) is 0 Å². The van der Waals surface area contributed by atoms with Crippen molar-refractivity contribution in [2.75, 3.05) is 13.1 Å². The van der Waals surface area contributed by atoms with Gasteiger partial charge in [0.05, 0.1) is 23.1 Å². The van der Waals surface area contributed by atoms with Crippen molar-refractivity contribution < 1.29 is 13.6 Å². The normalized spacial score (nSPS) is 11.4. The van der Waals surface area contributed by atoms with E-state index in [9.17, 15) is 13.6 Å². The van der Waals surface area contributed by atoms with Crippen LogP contribution in [0, 0.1) is 0 Å². The number of hydrogen-bond acceptors (Lipinski definition) is 2. The third-order valence-electron chi connectivity index (χ3n) is 2.70. The fourth-order valence-corrected chi connectivity index (χ4v) is 1.86. The number of nitrogens with two attached hydrogens (primary N) is 1. The SMILES string of the molecule is NCC(F)(F)CNC(=O)CCCc1ccc(Cl)c(Cl)c1. The zero-order valence-electron chi connectivity index (χ0n) is 10.8. The van der Waals surface area contributed by atoms with E-state index in [4.69, 9.17) is 28.9 Å². The fraction of sp³-hybridized carbons (Fsp3) is 0.462. The summed E-state index contributed by atoms with van der Waals surface area (Å²) in [5, 5.41) is 3.09. The van der Waals surface area contributed by atoms with Gasteiger partial charge in [-0.05, 0) is 30.5 Å². The molecule has 3 N–H and O–H groups in total. The molecule has 0 aliphatic heterocycles. The van der Waals surface area contributed by atoms with E-state index >= 15 is 0 Å². The second-order valence-electron chi connectivity index (χ2n) is 4.44. The standard InChI is InChI=1S/C13H16Cl2F2N2O/c14-10-5-4-9(6-11(10)15)2-1-3-12(20)19-8-13(16,17)7-18/h4-6H,1-3,7-8,18H2,(H,19,20). The predicted molar refractivity (Wildman–Crippen MR) is 76.4 cm³/mol. The van der Waals surface area contributed by atoms with Crippen molar-refractivity contribution >= 4 is 29.1 Å². The first kappa shape index (κ1) is 17.1. The van der Waals surface area contributed by atoms with Crippen LogP contribution < -0.4 is 11.1 Å². The first-order valence-corrected chi connectivity index (χ1v) is 6.88. The molecule has 0 unspecified atom stereocenters. The molecule has 0 aliphatic rings. The summed E-state index contributed by atoms with van der Waals surface area (Å²) in [6.07, 6.45) is 1.33. The Balaban J connectivity index is 2.30. The molecule has 0 saturated carbocycles. The second kappa shape index (κ2) is 7.76. The highest BCUT2D eigenvalue weighted by Crippen LogP contribution is 2.23. The van der Waals surface area contributed by atoms with Crippen LogP contribution >= 0.6 is 23.2 Å². The number of rotatable bonds is 7. The molecular formula is C13H16Cl2F2N2O. The average molecular weight is 325 g/mol. The van der Waals surface area contributed by atoms with Crippen molar-refractivity contribution in [2.45, 2.75) is 25.2 Å². The number of alkyl halides is 2. The average Bonchev–Trinajstić information content (AvgIpc) is 2.41. The van der Waals surface area contributed by atoms with E-state index in [2.05, 4.69) is 5.32 Å². The largest absolute Gasteiger partial charge is 0.350 e. The zero-order chi connectivity index (χ0) is 15.2. The monoisotopic (exact) mass is 324 g/mol. The van der Waals surface area contributed by atoms with Crippen molar-refractivity contribution in [1.82, 2.24) is 5.32 Å². The zero-order valence-corrected chi connectivity index (χ0v) is 12.3. The Labute approximate surface area is 126 Å². The first-order valence-electron chi connectivity index (χ1n) is 6.12. The highest BCUT2D eigenvalue weighted by Gasteiger charge is 2.26. The van der Waals surface area contributed by atoms with E-state index in [-0.39, 0.29) is 6.42 Å². The van der Waals surface area contributed by atoms with Crippen molar-refractivity contribution in [3.8, 4) is 0 Å². The summed E-state index contributed by atoms with van der Waals surface area (Å²) in [7, 11) is 0. The summed E-state index contributed by atoms with van der Waals surface area (Å²) in [4.78, 5) is 11.4. The predicted octanol–water partition coefficient (Wildman–Crippen LogP) is 3.03. The summed E-state index contributed by atoms with van der Waals surface area (Å²) in [5.41, 5.74) is 5.81. The number of aryl methyl sites for hydroxylation is 1. The van der Waals surface area contributed by atoms with Gasteiger partial charge in [-0.15, -0.1) is 0 Å². The molecule has 0 saturated heterocycles. The van der Waals surface area contributed by atoms with Gasteiger partial charge in [-0.2, -0.15) is 0 Å². The van der Waals surface area contributed by atoms with Gasteiger partial charge >= 0.3 is 0 Å². The molecule has 0 aromatic heterocycles. The quantitative estimate of drug-likeness (QED) is 0.810. The van der Waals surface area contributed by atoms with Gasteiger partial charge in [0, 0.05) is 6.42 Å². The number of nitrogens with one attached hydrogen (secondary N) is 1. The Morgan fingerprint density at radius 2 is 2.00 bits per heavy atom. The molecule has 1 rings (SSSR count). The maximum absolute atomic E-state index is 12.8. The third kappa shape index (κ3) is 6.03. The summed E-state index contributed by atoms with van der Waals surface area (Å²) in [6, 6.07) is 5.22. The van der Waals surface area contributed by atoms with Crippen LogP contribution in [0.3, 0.4) is 0 Å². The number of amides is 1. The minimum absolute atomic E-state index is 0.168. The summed E-state index contributed by atoms with van der Waals surface area (Å²) < 4.78 is 25.6. The molecular weight excluding hydrogens is 309 g/mol. The van der Waals surface area contributed by atoms with Gasteiger partial charge in [0.15, 0.2) is 0 Å². The first-order chi connectivity index (χ1) is 9.34. The molecule has 3 nitrogen and oxygen atoms in total. The van der Waals surface area contributed by atoms with Crippen LogP contribution in [0.2, 0.25) is 10.0 Å². The number of carbonyl (C=O) groups excluding carboxylic acids is 1. The van der Waals surface area contributed by atoms with Crippen LogP contribution in [-0.2, 0) is 11.2 Å². The van der Waals surface area contributed by atoms with Crippen LogP contribution in [0.1, 0.15) is 18.4 Å². The second-order valence-corrected chi connectivity index (χ2v) is 5.25. The lowest BCUT2D eigenvalue weighted by Crippen LogP contribution is -2.41. The maximum atomic E-state index is 12.8. The molecule has 0 spiro atoms. The topological polar surface area (TPSA) is 55.1 Å². The molecule has 0 radical (unpaired) electrons. The molecule has 7 heteroatoms. The summed E-state index contributed by atoms with van der Waals surface area (Å²) >= 11 is 11.7. The van der Waals surface area contributed by atoms with E-state index in [1.165, 1.54) is 0 Å². The number of halogens is 4. The lowest BCUT2D eigenvalue weighted by molar-refractivity contribution is -0.122. The third-order valence-corrected chi connectivity index (χ3v) is 3.44. The van der Waals surface area contributed by atoms with Crippen LogP contribution in [0.4, 0.5) is 8.78 Å². The Morgan fingerprint density at radius 1 is 1.30 bits per heavy atom.